The maximum absolute atomic E-state index is 12.8. The van der Waals surface area contributed by atoms with Crippen LogP contribution in [0.1, 0.15) is 37.2 Å². The first-order chi connectivity index (χ1) is 11.2. The molecule has 5 heteroatoms. The lowest BCUT2D eigenvalue weighted by molar-refractivity contribution is -0.132. The first-order valence-corrected chi connectivity index (χ1v) is 8.16. The number of rotatable bonds is 5. The zero-order chi connectivity index (χ0) is 16.2. The number of hydrogen-bond acceptors (Lipinski definition) is 3. The number of carbonyl (C=O) groups is 1. The minimum absolute atomic E-state index is 0.145. The summed E-state index contributed by atoms with van der Waals surface area (Å²) in [7, 11) is 1.67. The van der Waals surface area contributed by atoms with E-state index in [1.54, 1.807) is 13.3 Å². The van der Waals surface area contributed by atoms with E-state index in [0.717, 1.165) is 42.9 Å². The van der Waals surface area contributed by atoms with Crippen LogP contribution in [0.5, 0.6) is 5.75 Å². The average molecular weight is 313 g/mol. The molecule has 23 heavy (non-hydrogen) atoms. The zero-order valence-corrected chi connectivity index (χ0v) is 13.7. The molecule has 5 nitrogen and oxygen atoms in total. The molecule has 1 amide bonds. The lowest BCUT2D eigenvalue weighted by atomic mass is 10.0. The van der Waals surface area contributed by atoms with E-state index in [1.165, 1.54) is 0 Å². The van der Waals surface area contributed by atoms with Crippen molar-refractivity contribution in [2.45, 2.75) is 38.8 Å². The number of nitrogens with zero attached hydrogens (tertiary/aromatic N) is 3. The Morgan fingerprint density at radius 1 is 1.43 bits per heavy atom. The monoisotopic (exact) mass is 313 g/mol. The molecule has 1 atom stereocenters. The number of methoxy groups -OCH3 is 1. The Labute approximate surface area is 136 Å². The van der Waals surface area contributed by atoms with Gasteiger partial charge in [-0.25, -0.2) is 4.98 Å². The molecular formula is C18H23N3O2. The molecule has 0 radical (unpaired) electrons. The number of benzene rings is 1. The molecule has 122 valence electrons. The summed E-state index contributed by atoms with van der Waals surface area (Å²) < 4.78 is 7.26. The van der Waals surface area contributed by atoms with Crippen molar-refractivity contribution in [3.05, 3.63) is 48.0 Å². The van der Waals surface area contributed by atoms with Gasteiger partial charge >= 0.3 is 0 Å². The van der Waals surface area contributed by atoms with Gasteiger partial charge in [-0.3, -0.25) is 4.79 Å². The van der Waals surface area contributed by atoms with Gasteiger partial charge in [0.25, 0.3) is 0 Å². The van der Waals surface area contributed by atoms with Gasteiger partial charge in [-0.1, -0.05) is 19.1 Å². The zero-order valence-electron chi connectivity index (χ0n) is 13.7. The lowest BCUT2D eigenvalue weighted by Gasteiger charge is -2.26. The standard InChI is InChI=1S/C18H23N3O2/c1-3-17-19-9-11-20(17)13-18(22)21-10-5-8-16(21)14-6-4-7-15(12-14)23-2/h4,6-7,9,11-12,16H,3,5,8,10,13H2,1-2H3. The Morgan fingerprint density at radius 2 is 2.30 bits per heavy atom. The molecule has 0 spiro atoms. The van der Waals surface area contributed by atoms with Crippen LogP contribution in [0.25, 0.3) is 0 Å². The van der Waals surface area contributed by atoms with Crippen molar-refractivity contribution >= 4 is 5.91 Å². The second-order valence-electron chi connectivity index (χ2n) is 5.85. The Balaban J connectivity index is 1.76. The van der Waals surface area contributed by atoms with Gasteiger partial charge in [-0.15, -0.1) is 0 Å². The van der Waals surface area contributed by atoms with E-state index in [0.29, 0.717) is 6.54 Å². The van der Waals surface area contributed by atoms with Crippen LogP contribution in [0.2, 0.25) is 0 Å². The smallest absolute Gasteiger partial charge is 0.243 e. The second kappa shape index (κ2) is 6.86. The summed E-state index contributed by atoms with van der Waals surface area (Å²) in [5, 5.41) is 0. The molecule has 0 aliphatic carbocycles. The van der Waals surface area contributed by atoms with Crippen LogP contribution in [0.15, 0.2) is 36.7 Å². The molecule has 3 rings (SSSR count). The highest BCUT2D eigenvalue weighted by Gasteiger charge is 2.30. The first kappa shape index (κ1) is 15.6. The van der Waals surface area contributed by atoms with Crippen molar-refractivity contribution in [3.63, 3.8) is 0 Å². The van der Waals surface area contributed by atoms with Gasteiger partial charge in [0, 0.05) is 25.4 Å². The van der Waals surface area contributed by atoms with Crippen molar-refractivity contribution in [2.75, 3.05) is 13.7 Å². The summed E-state index contributed by atoms with van der Waals surface area (Å²) in [6.07, 6.45) is 6.52. The Morgan fingerprint density at radius 3 is 3.09 bits per heavy atom. The maximum Gasteiger partial charge on any atom is 0.243 e. The number of hydrogen-bond donors (Lipinski definition) is 0. The van der Waals surface area contributed by atoms with E-state index in [9.17, 15) is 4.79 Å². The number of imidazole rings is 1. The third kappa shape index (κ3) is 3.23. The number of carbonyl (C=O) groups excluding carboxylic acids is 1. The Bertz CT molecular complexity index is 680. The summed E-state index contributed by atoms with van der Waals surface area (Å²) in [5.74, 6) is 1.95. The predicted octanol–water partition coefficient (Wildman–Crippen LogP) is 2.82. The van der Waals surface area contributed by atoms with Crippen LogP contribution >= 0.6 is 0 Å². The van der Waals surface area contributed by atoms with Gasteiger partial charge in [0.2, 0.25) is 5.91 Å². The highest BCUT2D eigenvalue weighted by atomic mass is 16.5. The lowest BCUT2D eigenvalue weighted by Crippen LogP contribution is -2.33. The molecule has 1 saturated heterocycles. The van der Waals surface area contributed by atoms with Gasteiger partial charge in [0.05, 0.1) is 13.2 Å². The molecule has 1 aromatic heterocycles. The van der Waals surface area contributed by atoms with Crippen LogP contribution in [-0.4, -0.2) is 34.0 Å². The van der Waals surface area contributed by atoms with E-state index in [-0.39, 0.29) is 11.9 Å². The summed E-state index contributed by atoms with van der Waals surface area (Å²) in [6.45, 7) is 3.23. The fourth-order valence-corrected chi connectivity index (χ4v) is 3.30. The first-order valence-electron chi connectivity index (χ1n) is 8.16. The quantitative estimate of drug-likeness (QED) is 0.853. The van der Waals surface area contributed by atoms with E-state index < -0.39 is 0 Å². The minimum atomic E-state index is 0.145. The normalized spacial score (nSPS) is 17.5. The SMILES string of the molecule is CCc1nccn1CC(=O)N1CCCC1c1cccc(OC)c1. The van der Waals surface area contributed by atoms with Gasteiger partial charge in [-0.05, 0) is 30.5 Å². The second-order valence-corrected chi connectivity index (χ2v) is 5.85. The van der Waals surface area contributed by atoms with E-state index in [2.05, 4.69) is 18.0 Å². The molecule has 0 bridgehead atoms. The molecule has 1 aromatic carbocycles. The van der Waals surface area contributed by atoms with E-state index in [4.69, 9.17) is 4.74 Å². The molecule has 1 aliphatic rings. The highest BCUT2D eigenvalue weighted by Crippen LogP contribution is 2.33. The van der Waals surface area contributed by atoms with Gasteiger partial charge in [-0.2, -0.15) is 0 Å². The Hall–Kier alpha value is -2.30. The fourth-order valence-electron chi connectivity index (χ4n) is 3.30. The molecular weight excluding hydrogens is 290 g/mol. The maximum atomic E-state index is 12.8. The number of aryl methyl sites for hydroxylation is 1. The molecule has 2 heterocycles. The number of amides is 1. The van der Waals surface area contributed by atoms with Crippen LogP contribution in [-0.2, 0) is 17.8 Å². The molecule has 1 fully saturated rings. The number of likely N-dealkylation sites (tertiary alicyclic amines) is 1. The molecule has 1 unspecified atom stereocenters. The fraction of sp³-hybridized carbons (Fsp3) is 0.444. The topological polar surface area (TPSA) is 47.4 Å². The van der Waals surface area contributed by atoms with E-state index >= 15 is 0 Å². The number of ether oxygens (including phenoxy) is 1. The minimum Gasteiger partial charge on any atom is -0.497 e. The largest absolute Gasteiger partial charge is 0.497 e. The third-order valence-corrected chi connectivity index (χ3v) is 4.48. The van der Waals surface area contributed by atoms with Gasteiger partial charge in [0.1, 0.15) is 18.1 Å². The summed E-state index contributed by atoms with van der Waals surface area (Å²) >= 11 is 0. The molecule has 2 aromatic rings. The van der Waals surface area contributed by atoms with Crippen molar-refractivity contribution in [2.24, 2.45) is 0 Å². The van der Waals surface area contributed by atoms with Crippen LogP contribution in [0.4, 0.5) is 0 Å². The number of aromatic nitrogens is 2. The molecule has 0 saturated carbocycles. The Kier molecular flexibility index (Phi) is 4.65. The predicted molar refractivity (Wildman–Crippen MR) is 88.3 cm³/mol. The van der Waals surface area contributed by atoms with E-state index in [1.807, 2.05) is 33.9 Å². The summed E-state index contributed by atoms with van der Waals surface area (Å²) in [6, 6.07) is 8.17. The van der Waals surface area contributed by atoms with Gasteiger partial charge in [0.15, 0.2) is 0 Å². The third-order valence-electron chi connectivity index (χ3n) is 4.48. The molecule has 0 N–H and O–H groups in total. The average Bonchev–Trinajstić information content (AvgIpc) is 3.23. The molecule has 1 aliphatic heterocycles. The highest BCUT2D eigenvalue weighted by molar-refractivity contribution is 5.77. The van der Waals surface area contributed by atoms with Crippen molar-refractivity contribution in [3.8, 4) is 5.75 Å². The van der Waals surface area contributed by atoms with Gasteiger partial charge < -0.3 is 14.2 Å². The van der Waals surface area contributed by atoms with Crippen molar-refractivity contribution in [1.82, 2.24) is 14.5 Å². The summed E-state index contributed by atoms with van der Waals surface area (Å²) in [5.41, 5.74) is 1.15. The van der Waals surface area contributed by atoms with Crippen LogP contribution in [0, 0.1) is 0 Å². The van der Waals surface area contributed by atoms with Crippen LogP contribution < -0.4 is 4.74 Å². The van der Waals surface area contributed by atoms with Crippen molar-refractivity contribution < 1.29 is 9.53 Å². The van der Waals surface area contributed by atoms with Crippen LogP contribution in [0.3, 0.4) is 0 Å². The van der Waals surface area contributed by atoms with Crippen molar-refractivity contribution in [1.29, 1.82) is 0 Å². The summed E-state index contributed by atoms with van der Waals surface area (Å²) in [4.78, 5) is 19.0.